The Balaban J connectivity index is 3.64. The SMILES string of the molecule is C[Si](C)(C)O[PH](=O)CCC#N. The largest absolute Gasteiger partial charge is 0.372 e. The van der Waals surface area contributed by atoms with Crippen LogP contribution in [0, 0.1) is 11.3 Å². The van der Waals surface area contributed by atoms with Crippen molar-refractivity contribution in [3.63, 3.8) is 0 Å². The van der Waals surface area contributed by atoms with Crippen molar-refractivity contribution in [2.45, 2.75) is 26.1 Å². The Morgan fingerprint density at radius 3 is 2.45 bits per heavy atom. The Bertz CT molecular complexity index is 182. The highest BCUT2D eigenvalue weighted by molar-refractivity contribution is 7.41. The Kier molecular flexibility index (Phi) is 4.67. The van der Waals surface area contributed by atoms with E-state index < -0.39 is 16.3 Å². The van der Waals surface area contributed by atoms with Crippen LogP contribution in [0.15, 0.2) is 0 Å². The first-order valence-electron chi connectivity index (χ1n) is 3.54. The van der Waals surface area contributed by atoms with Gasteiger partial charge >= 0.3 is 0 Å². The van der Waals surface area contributed by atoms with Gasteiger partial charge in [0.1, 0.15) is 0 Å². The molecule has 0 rings (SSSR count). The summed E-state index contributed by atoms with van der Waals surface area (Å²) < 4.78 is 16.3. The van der Waals surface area contributed by atoms with E-state index in [0.29, 0.717) is 12.6 Å². The number of hydrogen-bond donors (Lipinski definition) is 0. The maximum atomic E-state index is 11.1. The number of rotatable bonds is 4. The second-order valence-electron chi connectivity index (χ2n) is 3.24. The number of nitrogens with zero attached hydrogens (tertiary/aromatic N) is 1. The van der Waals surface area contributed by atoms with Gasteiger partial charge in [-0.3, -0.25) is 4.57 Å². The van der Waals surface area contributed by atoms with Crippen LogP contribution in [0.5, 0.6) is 0 Å². The molecule has 0 heterocycles. The lowest BCUT2D eigenvalue weighted by molar-refractivity contribution is 0.505. The Labute approximate surface area is 69.4 Å². The summed E-state index contributed by atoms with van der Waals surface area (Å²) >= 11 is 0. The van der Waals surface area contributed by atoms with E-state index in [-0.39, 0.29) is 0 Å². The van der Waals surface area contributed by atoms with Crippen LogP contribution in [0.4, 0.5) is 0 Å². The standard InChI is InChI=1S/C6H14NO2PSi/c1-11(2,3)9-10(8)6-4-5-7/h10H,4,6H2,1-3H3. The van der Waals surface area contributed by atoms with Crippen molar-refractivity contribution in [3.8, 4) is 6.07 Å². The number of hydrogen-bond acceptors (Lipinski definition) is 3. The van der Waals surface area contributed by atoms with Crippen LogP contribution in [0.3, 0.4) is 0 Å². The van der Waals surface area contributed by atoms with Crippen LogP contribution in [0.2, 0.25) is 19.6 Å². The van der Waals surface area contributed by atoms with Crippen LogP contribution in [0.1, 0.15) is 6.42 Å². The van der Waals surface area contributed by atoms with Gasteiger partial charge in [-0.1, -0.05) is 0 Å². The summed E-state index contributed by atoms with van der Waals surface area (Å²) in [5, 5.41) is 8.20. The molecule has 0 aliphatic carbocycles. The highest BCUT2D eigenvalue weighted by atomic mass is 31.1. The fourth-order valence-corrected chi connectivity index (χ4v) is 4.01. The van der Waals surface area contributed by atoms with Crippen molar-refractivity contribution in [2.24, 2.45) is 0 Å². The predicted octanol–water partition coefficient (Wildman–Crippen LogP) is 2.23. The summed E-state index contributed by atoms with van der Waals surface area (Å²) in [6.45, 7) is 5.96. The van der Waals surface area contributed by atoms with Gasteiger partial charge in [-0.25, -0.2) is 0 Å². The molecular formula is C6H14NO2PSi. The maximum Gasteiger partial charge on any atom is 0.192 e. The molecule has 0 radical (unpaired) electrons. The summed E-state index contributed by atoms with van der Waals surface area (Å²) in [5.74, 6) is 0. The quantitative estimate of drug-likeness (QED) is 0.505. The van der Waals surface area contributed by atoms with Crippen molar-refractivity contribution in [2.75, 3.05) is 6.16 Å². The minimum absolute atomic E-state index is 0.336. The molecule has 0 aromatic heterocycles. The smallest absolute Gasteiger partial charge is 0.192 e. The predicted molar refractivity (Wildman–Crippen MR) is 48.5 cm³/mol. The Morgan fingerprint density at radius 1 is 1.55 bits per heavy atom. The number of nitriles is 1. The second-order valence-corrected chi connectivity index (χ2v) is 9.53. The zero-order valence-corrected chi connectivity index (χ0v) is 9.18. The molecule has 3 nitrogen and oxygen atoms in total. The summed E-state index contributed by atoms with van der Waals surface area (Å²) in [4.78, 5) is 0. The van der Waals surface area contributed by atoms with Gasteiger partial charge in [0, 0.05) is 12.6 Å². The highest BCUT2D eigenvalue weighted by Crippen LogP contribution is 2.28. The lowest BCUT2D eigenvalue weighted by atomic mass is 10.6. The fourth-order valence-electron chi connectivity index (χ4n) is 0.551. The van der Waals surface area contributed by atoms with E-state index in [1.807, 2.05) is 25.7 Å². The third-order valence-corrected chi connectivity index (χ3v) is 4.88. The summed E-state index contributed by atoms with van der Waals surface area (Å²) in [5.41, 5.74) is 0. The molecule has 0 bridgehead atoms. The van der Waals surface area contributed by atoms with E-state index in [1.165, 1.54) is 0 Å². The van der Waals surface area contributed by atoms with E-state index in [0.717, 1.165) is 0 Å². The maximum absolute atomic E-state index is 11.1. The summed E-state index contributed by atoms with van der Waals surface area (Å²) in [6, 6.07) is 1.95. The normalized spacial score (nSPS) is 14.0. The topological polar surface area (TPSA) is 50.1 Å². The molecule has 0 spiro atoms. The first-order chi connectivity index (χ1) is 4.95. The molecule has 11 heavy (non-hydrogen) atoms. The van der Waals surface area contributed by atoms with Gasteiger partial charge in [-0.2, -0.15) is 5.26 Å². The third-order valence-electron chi connectivity index (χ3n) is 0.861. The molecule has 1 unspecified atom stereocenters. The molecule has 0 fully saturated rings. The van der Waals surface area contributed by atoms with E-state index in [1.54, 1.807) is 0 Å². The van der Waals surface area contributed by atoms with Gasteiger partial charge in [0.2, 0.25) is 0 Å². The van der Waals surface area contributed by atoms with Crippen LogP contribution in [0.25, 0.3) is 0 Å². The monoisotopic (exact) mass is 191 g/mol. The minimum atomic E-state index is -1.92. The molecule has 0 saturated carbocycles. The van der Waals surface area contributed by atoms with Crippen molar-refractivity contribution in [1.82, 2.24) is 0 Å². The first-order valence-corrected chi connectivity index (χ1v) is 8.47. The van der Waals surface area contributed by atoms with Crippen LogP contribution < -0.4 is 0 Å². The third kappa shape index (κ3) is 7.80. The van der Waals surface area contributed by atoms with E-state index in [4.69, 9.17) is 9.47 Å². The Morgan fingerprint density at radius 2 is 2.09 bits per heavy atom. The lowest BCUT2D eigenvalue weighted by Crippen LogP contribution is -2.21. The fraction of sp³-hybridized carbons (Fsp3) is 0.833. The molecular weight excluding hydrogens is 177 g/mol. The Hall–Kier alpha value is -0.103. The van der Waals surface area contributed by atoms with Crippen LogP contribution >= 0.6 is 8.03 Å². The van der Waals surface area contributed by atoms with Gasteiger partial charge in [0.05, 0.1) is 6.07 Å². The van der Waals surface area contributed by atoms with Crippen molar-refractivity contribution < 1.29 is 8.78 Å². The lowest BCUT2D eigenvalue weighted by Gasteiger charge is -2.15. The van der Waals surface area contributed by atoms with Gasteiger partial charge in [0.25, 0.3) is 0 Å². The molecule has 0 aromatic carbocycles. The summed E-state index contributed by atoms with van der Waals surface area (Å²) in [7, 11) is -3.57. The van der Waals surface area contributed by atoms with Gasteiger partial charge < -0.3 is 4.21 Å². The minimum Gasteiger partial charge on any atom is -0.372 e. The van der Waals surface area contributed by atoms with Crippen molar-refractivity contribution in [3.05, 3.63) is 0 Å². The van der Waals surface area contributed by atoms with Gasteiger partial charge in [-0.05, 0) is 19.6 Å². The van der Waals surface area contributed by atoms with Gasteiger partial charge in [-0.15, -0.1) is 0 Å². The second kappa shape index (κ2) is 4.71. The van der Waals surface area contributed by atoms with E-state index >= 15 is 0 Å². The van der Waals surface area contributed by atoms with Crippen molar-refractivity contribution >= 4 is 16.3 Å². The molecule has 5 heteroatoms. The molecule has 0 saturated heterocycles. The molecule has 0 aromatic rings. The zero-order valence-electron chi connectivity index (χ0n) is 7.18. The van der Waals surface area contributed by atoms with Gasteiger partial charge in [0.15, 0.2) is 16.3 Å². The summed E-state index contributed by atoms with van der Waals surface area (Å²) in [6.07, 6.45) is 0.744. The molecule has 0 aliphatic heterocycles. The highest BCUT2D eigenvalue weighted by Gasteiger charge is 2.17. The zero-order chi connectivity index (χ0) is 8.91. The van der Waals surface area contributed by atoms with Crippen LogP contribution in [-0.4, -0.2) is 14.5 Å². The molecule has 64 valence electrons. The average molecular weight is 191 g/mol. The van der Waals surface area contributed by atoms with Crippen LogP contribution in [-0.2, 0) is 8.78 Å². The average Bonchev–Trinajstić information content (AvgIpc) is 1.79. The van der Waals surface area contributed by atoms with E-state index in [9.17, 15) is 4.57 Å². The van der Waals surface area contributed by atoms with E-state index in [2.05, 4.69) is 0 Å². The molecule has 0 N–H and O–H groups in total. The molecule has 1 atom stereocenters. The first kappa shape index (κ1) is 10.9. The van der Waals surface area contributed by atoms with Crippen molar-refractivity contribution in [1.29, 1.82) is 5.26 Å². The molecule has 0 amide bonds. The molecule has 0 aliphatic rings.